The summed E-state index contributed by atoms with van der Waals surface area (Å²) in [6, 6.07) is 12.0. The van der Waals surface area contributed by atoms with Crippen LogP contribution in [0.25, 0.3) is 33.8 Å². The van der Waals surface area contributed by atoms with Gasteiger partial charge >= 0.3 is 12.1 Å². The first kappa shape index (κ1) is 25.6. The first-order chi connectivity index (χ1) is 16.7. The molecule has 0 amide bonds. The van der Waals surface area contributed by atoms with Crippen LogP contribution in [0.2, 0.25) is 0 Å². The lowest BCUT2D eigenvalue weighted by molar-refractivity contribution is -0.192. The molecule has 0 unspecified atom stereocenters. The molecule has 5 N–H and O–H groups in total. The molecule has 186 valence electrons. The topological polar surface area (TPSA) is 159 Å². The van der Waals surface area contributed by atoms with Crippen LogP contribution < -0.4 is 11.5 Å². The molecule has 4 aromatic rings. The average Bonchev–Trinajstić information content (AvgIpc) is 3.42. The second-order valence-corrected chi connectivity index (χ2v) is 7.48. The van der Waals surface area contributed by atoms with Crippen LogP contribution in [0.5, 0.6) is 0 Å². The van der Waals surface area contributed by atoms with Gasteiger partial charge in [0.25, 0.3) is 0 Å². The van der Waals surface area contributed by atoms with Gasteiger partial charge in [-0.25, -0.2) is 14.4 Å². The van der Waals surface area contributed by atoms with Crippen LogP contribution in [0, 0.1) is 0 Å². The van der Waals surface area contributed by atoms with Crippen molar-refractivity contribution in [3.05, 3.63) is 42.6 Å². The third-order valence-electron chi connectivity index (χ3n) is 5.02. The van der Waals surface area contributed by atoms with Crippen LogP contribution in [0.1, 0.15) is 25.7 Å². The molecule has 0 saturated heterocycles. The number of nitrogens with zero attached hydrogens (tertiary/aromatic N) is 5. The molecule has 0 atom stereocenters. The highest BCUT2D eigenvalue weighted by Gasteiger charge is 2.38. The molecule has 0 radical (unpaired) electrons. The third kappa shape index (κ3) is 6.32. The van der Waals surface area contributed by atoms with Crippen LogP contribution >= 0.6 is 0 Å². The van der Waals surface area contributed by atoms with Gasteiger partial charge in [0, 0.05) is 18.3 Å². The summed E-state index contributed by atoms with van der Waals surface area (Å²) in [6.45, 7) is 1.52. The predicted molar refractivity (Wildman–Crippen MR) is 122 cm³/mol. The molecule has 13 heteroatoms. The molecule has 1 aromatic carbocycles. The van der Waals surface area contributed by atoms with Crippen molar-refractivity contribution < 1.29 is 27.7 Å². The van der Waals surface area contributed by atoms with Crippen LogP contribution in [-0.2, 0) is 11.3 Å². The van der Waals surface area contributed by atoms with Gasteiger partial charge in [-0.05, 0) is 35.8 Å². The van der Waals surface area contributed by atoms with Crippen molar-refractivity contribution in [3.8, 4) is 22.8 Å². The maximum Gasteiger partial charge on any atom is 0.490 e. The Morgan fingerprint density at radius 3 is 2.31 bits per heavy atom. The van der Waals surface area contributed by atoms with E-state index in [9.17, 15) is 13.2 Å². The molecule has 10 nitrogen and oxygen atoms in total. The lowest BCUT2D eigenvalue weighted by atomic mass is 10.1. The number of alkyl halides is 3. The maximum atomic E-state index is 10.6. The number of aromatic nitrogens is 5. The second-order valence-electron chi connectivity index (χ2n) is 7.48. The minimum atomic E-state index is -5.08. The largest absolute Gasteiger partial charge is 0.490 e. The summed E-state index contributed by atoms with van der Waals surface area (Å²) >= 11 is 0. The summed E-state index contributed by atoms with van der Waals surface area (Å²) in [5.74, 6) is -1.88. The first-order valence-corrected chi connectivity index (χ1v) is 10.7. The highest BCUT2D eigenvalue weighted by Crippen LogP contribution is 2.31. The van der Waals surface area contributed by atoms with E-state index in [2.05, 4.69) is 19.9 Å². The van der Waals surface area contributed by atoms with E-state index >= 15 is 0 Å². The van der Waals surface area contributed by atoms with E-state index in [1.54, 1.807) is 0 Å². The number of carboxylic acids is 1. The third-order valence-corrected chi connectivity index (χ3v) is 5.02. The van der Waals surface area contributed by atoms with E-state index in [0.29, 0.717) is 11.5 Å². The maximum absolute atomic E-state index is 10.6. The fourth-order valence-corrected chi connectivity index (χ4v) is 3.38. The summed E-state index contributed by atoms with van der Waals surface area (Å²) < 4.78 is 38.7. The Kier molecular flexibility index (Phi) is 8.36. The first-order valence-electron chi connectivity index (χ1n) is 10.7. The monoisotopic (exact) mass is 491 g/mol. The molecule has 3 heterocycles. The summed E-state index contributed by atoms with van der Waals surface area (Å²) in [4.78, 5) is 18.3. The summed E-state index contributed by atoms with van der Waals surface area (Å²) in [5.41, 5.74) is 15.7. The van der Waals surface area contributed by atoms with Gasteiger partial charge in [-0.1, -0.05) is 43.2 Å². The molecule has 0 spiro atoms. The number of pyridine rings is 1. The smallest absolute Gasteiger partial charge is 0.475 e. The van der Waals surface area contributed by atoms with Gasteiger partial charge < -0.3 is 21.1 Å². The van der Waals surface area contributed by atoms with Gasteiger partial charge in [-0.15, -0.1) is 0 Å². The van der Waals surface area contributed by atoms with E-state index in [0.717, 1.165) is 61.1 Å². The van der Waals surface area contributed by atoms with Gasteiger partial charge in [0.05, 0.1) is 11.2 Å². The van der Waals surface area contributed by atoms with E-state index in [1.807, 2.05) is 42.6 Å². The van der Waals surface area contributed by atoms with E-state index in [4.69, 9.17) is 31.0 Å². The predicted octanol–water partition coefficient (Wildman–Crippen LogP) is 3.88. The Labute approximate surface area is 197 Å². The highest BCUT2D eigenvalue weighted by atomic mass is 19.4. The van der Waals surface area contributed by atoms with E-state index in [1.165, 1.54) is 0 Å². The minimum absolute atomic E-state index is 0.230. The quantitative estimate of drug-likeness (QED) is 0.311. The molecule has 3 aromatic heterocycles. The highest BCUT2D eigenvalue weighted by molar-refractivity contribution is 5.92. The number of hydrogen-bond donors (Lipinski definition) is 3. The van der Waals surface area contributed by atoms with Gasteiger partial charge in [0.1, 0.15) is 5.52 Å². The number of benzene rings is 1. The normalized spacial score (nSPS) is 11.3. The van der Waals surface area contributed by atoms with Crippen LogP contribution in [0.3, 0.4) is 0 Å². The molecule has 0 aliphatic rings. The molecule has 35 heavy (non-hydrogen) atoms. The number of hydrogen-bond acceptors (Lipinski definition) is 8. The summed E-state index contributed by atoms with van der Waals surface area (Å²) in [6.07, 6.45) is 0.986. The van der Waals surface area contributed by atoms with Crippen molar-refractivity contribution in [3.63, 3.8) is 0 Å². The van der Waals surface area contributed by atoms with Crippen molar-refractivity contribution in [1.82, 2.24) is 24.8 Å². The zero-order chi connectivity index (χ0) is 25.4. The van der Waals surface area contributed by atoms with E-state index in [-0.39, 0.29) is 5.82 Å². The van der Waals surface area contributed by atoms with Crippen LogP contribution in [0.15, 0.2) is 47.2 Å². The minimum Gasteiger partial charge on any atom is -0.475 e. The zero-order valence-electron chi connectivity index (χ0n) is 18.6. The van der Waals surface area contributed by atoms with Crippen molar-refractivity contribution >= 4 is 22.8 Å². The van der Waals surface area contributed by atoms with Gasteiger partial charge in [0.15, 0.2) is 17.3 Å². The number of anilines is 1. The van der Waals surface area contributed by atoms with Crippen molar-refractivity contribution in [2.24, 2.45) is 5.73 Å². The Morgan fingerprint density at radius 2 is 1.71 bits per heavy atom. The number of nitrogens with two attached hydrogens (primary N) is 2. The van der Waals surface area contributed by atoms with Gasteiger partial charge in [-0.3, -0.25) is 4.98 Å². The van der Waals surface area contributed by atoms with Gasteiger partial charge in [0.2, 0.25) is 0 Å². The number of imidazole rings is 1. The molecule has 0 fully saturated rings. The van der Waals surface area contributed by atoms with Gasteiger partial charge in [-0.2, -0.15) is 13.2 Å². The molecule has 0 bridgehead atoms. The Balaban J connectivity index is 0.000000429. The number of aliphatic carboxylic acids is 1. The van der Waals surface area contributed by atoms with Crippen LogP contribution in [0.4, 0.5) is 19.0 Å². The SMILES string of the molecule is NCCCCCCn1c(-c2nonc2N)nc2c(-c3ccccc3)nccc21.O=C(O)C(F)(F)F. The Morgan fingerprint density at radius 1 is 1.03 bits per heavy atom. The number of aryl methyl sites for hydroxylation is 1. The molecule has 0 aliphatic heterocycles. The number of unbranched alkanes of at least 4 members (excludes halogenated alkanes) is 3. The second kappa shape index (κ2) is 11.4. The van der Waals surface area contributed by atoms with Crippen molar-refractivity contribution in [1.29, 1.82) is 0 Å². The summed E-state index contributed by atoms with van der Waals surface area (Å²) in [7, 11) is 0. The Bertz CT molecular complexity index is 1260. The number of halogens is 3. The molecule has 0 aliphatic carbocycles. The fourth-order valence-electron chi connectivity index (χ4n) is 3.38. The molecular weight excluding hydrogens is 467 g/mol. The van der Waals surface area contributed by atoms with E-state index < -0.39 is 12.1 Å². The summed E-state index contributed by atoms with van der Waals surface area (Å²) in [5, 5.41) is 14.8. The lowest BCUT2D eigenvalue weighted by Gasteiger charge is -2.08. The number of carboxylic acid groups (broad SMARTS) is 1. The Hall–Kier alpha value is -4.00. The lowest BCUT2D eigenvalue weighted by Crippen LogP contribution is -2.21. The average molecular weight is 491 g/mol. The zero-order valence-corrected chi connectivity index (χ0v) is 18.6. The number of nitrogen functional groups attached to an aromatic ring is 1. The van der Waals surface area contributed by atoms with Crippen molar-refractivity contribution in [2.75, 3.05) is 12.3 Å². The van der Waals surface area contributed by atoms with Crippen LogP contribution in [-0.4, -0.2) is 48.6 Å². The fraction of sp³-hybridized carbons (Fsp3) is 0.318. The molecule has 4 rings (SSSR count). The number of fused-ring (bicyclic) bond motifs is 1. The van der Waals surface area contributed by atoms with Crippen molar-refractivity contribution in [2.45, 2.75) is 38.4 Å². The molecule has 0 saturated carbocycles. The number of rotatable bonds is 8. The molecular formula is C22H24F3N7O3. The standard InChI is InChI=1S/C20H23N7O.C2HF3O2/c21-11-6-1-2-7-13-27-15-10-12-23-16(14-8-4-3-5-9-14)17(15)24-20(27)18-19(22)26-28-25-18;3-2(4,5)1(6)7/h3-5,8-10,12H,1-2,6-7,11,13,21H2,(H2,22,26);(H,6,7). The number of carbonyl (C=O) groups is 1.